The molecule has 0 aromatic heterocycles. The summed E-state index contributed by atoms with van der Waals surface area (Å²) in [4.78, 5) is 21.9. The topological polar surface area (TPSA) is 30.0 Å². The van der Waals surface area contributed by atoms with E-state index in [1.54, 1.807) is 17.0 Å². The van der Waals surface area contributed by atoms with Gasteiger partial charge in [-0.3, -0.25) is 4.79 Å². The van der Waals surface area contributed by atoms with Gasteiger partial charge in [-0.25, -0.2) is 0 Å². The van der Waals surface area contributed by atoms with Crippen LogP contribution in [-0.4, -0.2) is 69.1 Å². The zero-order valence-electron chi connectivity index (χ0n) is 17.3. The Morgan fingerprint density at radius 3 is 2.33 bits per heavy atom. The van der Waals surface area contributed by atoms with Crippen LogP contribution in [-0.2, 0) is 4.79 Å². The summed E-state index contributed by atoms with van der Waals surface area (Å²) in [5, 5.41) is 0.936. The molecular weight excluding hydrogens is 419 g/mol. The molecule has 0 aliphatic carbocycles. The van der Waals surface area contributed by atoms with E-state index >= 15 is 0 Å². The Hall–Kier alpha value is -2.21. The first-order chi connectivity index (χ1) is 14.4. The number of rotatable bonds is 3. The van der Waals surface area contributed by atoms with Crippen LogP contribution in [0.15, 0.2) is 48.2 Å². The van der Waals surface area contributed by atoms with E-state index in [0.717, 1.165) is 44.0 Å². The van der Waals surface area contributed by atoms with Gasteiger partial charge in [0.15, 0.2) is 0 Å². The van der Waals surface area contributed by atoms with Gasteiger partial charge in [0.2, 0.25) is 0 Å². The number of hydrogen-bond acceptors (Lipinski definition) is 4. The van der Waals surface area contributed by atoms with Crippen LogP contribution in [0, 0.1) is 0 Å². The Bertz CT molecular complexity index is 969. The molecule has 2 aromatic carbocycles. The van der Waals surface area contributed by atoms with Gasteiger partial charge in [0.1, 0.15) is 5.70 Å². The summed E-state index contributed by atoms with van der Waals surface area (Å²) in [6, 6.07) is 13.6. The van der Waals surface area contributed by atoms with Gasteiger partial charge in [-0.05, 0) is 37.4 Å². The van der Waals surface area contributed by atoms with Crippen LogP contribution in [0.4, 0.5) is 11.4 Å². The molecule has 2 aromatic rings. The molecule has 2 fully saturated rings. The maximum absolute atomic E-state index is 13.4. The lowest BCUT2D eigenvalue weighted by Gasteiger charge is -2.36. The highest BCUT2D eigenvalue weighted by Crippen LogP contribution is 2.31. The summed E-state index contributed by atoms with van der Waals surface area (Å²) in [7, 11) is 4.12. The second-order valence-electron chi connectivity index (χ2n) is 7.86. The minimum Gasteiger partial charge on any atom is -0.368 e. The van der Waals surface area contributed by atoms with E-state index in [0.29, 0.717) is 22.3 Å². The van der Waals surface area contributed by atoms with E-state index in [1.807, 2.05) is 30.2 Å². The smallest absolute Gasteiger partial charge is 0.274 e. The highest BCUT2D eigenvalue weighted by Gasteiger charge is 2.29. The van der Waals surface area contributed by atoms with Gasteiger partial charge in [-0.1, -0.05) is 41.4 Å². The van der Waals surface area contributed by atoms with Crippen LogP contribution in [0.25, 0.3) is 6.08 Å². The van der Waals surface area contributed by atoms with Crippen LogP contribution in [0.3, 0.4) is 0 Å². The maximum atomic E-state index is 13.4. The molecule has 30 heavy (non-hydrogen) atoms. The predicted octanol–water partition coefficient (Wildman–Crippen LogP) is 4.06. The van der Waals surface area contributed by atoms with Crippen LogP contribution < -0.4 is 9.80 Å². The third-order valence-electron chi connectivity index (χ3n) is 5.82. The highest BCUT2D eigenvalue weighted by molar-refractivity contribution is 6.42. The first kappa shape index (κ1) is 21.0. The highest BCUT2D eigenvalue weighted by atomic mass is 35.5. The van der Waals surface area contributed by atoms with E-state index < -0.39 is 0 Å². The van der Waals surface area contributed by atoms with Crippen molar-refractivity contribution >= 4 is 46.6 Å². The van der Waals surface area contributed by atoms with Gasteiger partial charge in [-0.15, -0.1) is 0 Å². The molecule has 0 unspecified atom stereocenters. The Balaban J connectivity index is 1.65. The Morgan fingerprint density at radius 2 is 1.60 bits per heavy atom. The molecule has 0 radical (unpaired) electrons. The molecule has 0 spiro atoms. The summed E-state index contributed by atoms with van der Waals surface area (Å²) in [5.74, 6) is -0.0321. The summed E-state index contributed by atoms with van der Waals surface area (Å²) >= 11 is 12.2. The van der Waals surface area contributed by atoms with Gasteiger partial charge in [0.05, 0.1) is 10.0 Å². The molecule has 0 bridgehead atoms. The van der Waals surface area contributed by atoms with Crippen LogP contribution >= 0.6 is 23.2 Å². The molecule has 4 rings (SSSR count). The van der Waals surface area contributed by atoms with Gasteiger partial charge in [0.25, 0.3) is 5.91 Å². The van der Waals surface area contributed by atoms with Crippen molar-refractivity contribution in [2.75, 3.05) is 63.2 Å². The van der Waals surface area contributed by atoms with E-state index in [-0.39, 0.29) is 5.91 Å². The zero-order chi connectivity index (χ0) is 21.3. The second kappa shape index (κ2) is 8.88. The van der Waals surface area contributed by atoms with Crippen molar-refractivity contribution in [1.29, 1.82) is 0 Å². The Kier molecular flexibility index (Phi) is 6.23. The van der Waals surface area contributed by atoms with E-state index in [1.165, 1.54) is 5.69 Å². The van der Waals surface area contributed by atoms with E-state index in [2.05, 4.69) is 35.0 Å². The average Bonchev–Trinajstić information content (AvgIpc) is 2.74. The summed E-state index contributed by atoms with van der Waals surface area (Å²) in [6.07, 6.45) is 2.01. The third kappa shape index (κ3) is 4.29. The summed E-state index contributed by atoms with van der Waals surface area (Å²) in [5.41, 5.74) is 3.67. The van der Waals surface area contributed by atoms with Gasteiger partial charge in [-0.2, -0.15) is 0 Å². The van der Waals surface area contributed by atoms with Crippen molar-refractivity contribution in [1.82, 2.24) is 9.80 Å². The first-order valence-electron chi connectivity index (χ1n) is 10.2. The molecule has 1 amide bonds. The van der Waals surface area contributed by atoms with Crippen molar-refractivity contribution in [2.45, 2.75) is 0 Å². The molecular formula is C23H26Cl2N4O. The van der Waals surface area contributed by atoms with Gasteiger partial charge in [0, 0.05) is 63.3 Å². The zero-order valence-corrected chi connectivity index (χ0v) is 18.8. The minimum atomic E-state index is -0.0321. The predicted molar refractivity (Wildman–Crippen MR) is 126 cm³/mol. The normalized spacial score (nSPS) is 19.7. The number of likely N-dealkylation sites (N-methyl/N-ethyl adjacent to an activating group) is 2. The fourth-order valence-electron chi connectivity index (χ4n) is 3.94. The molecule has 0 atom stereocenters. The lowest BCUT2D eigenvalue weighted by atomic mass is 10.1. The number of amides is 1. The van der Waals surface area contributed by atoms with E-state index in [9.17, 15) is 4.79 Å². The largest absolute Gasteiger partial charge is 0.368 e. The van der Waals surface area contributed by atoms with Crippen LogP contribution in [0.1, 0.15) is 5.56 Å². The van der Waals surface area contributed by atoms with Crippen LogP contribution in [0.2, 0.25) is 10.0 Å². The number of anilines is 2. The number of piperazine rings is 2. The molecule has 5 nitrogen and oxygen atoms in total. The number of carbonyl (C=O) groups excluding carboxylic acids is 1. The molecule has 2 aliphatic heterocycles. The van der Waals surface area contributed by atoms with Crippen molar-refractivity contribution in [3.05, 3.63) is 63.8 Å². The summed E-state index contributed by atoms with van der Waals surface area (Å²) in [6.45, 7) is 5.38. The average molecular weight is 445 g/mol. The fraction of sp³-hybridized carbons (Fsp3) is 0.348. The number of carbonyl (C=O) groups is 1. The number of benzene rings is 2. The Labute approximate surface area is 188 Å². The quantitative estimate of drug-likeness (QED) is 0.667. The van der Waals surface area contributed by atoms with Gasteiger partial charge < -0.3 is 19.6 Å². The number of hydrogen-bond donors (Lipinski definition) is 0. The molecule has 2 saturated heterocycles. The maximum Gasteiger partial charge on any atom is 0.274 e. The SMILES string of the molecule is CN1CCN(c2ccccc2/C=C2/C(=O)N(c3ccc(Cl)c(Cl)c3)CCN2C)CC1. The molecule has 7 heteroatoms. The minimum absolute atomic E-state index is 0.0321. The standard InChI is InChI=1S/C23H26Cl2N4O/c1-26-9-12-28(13-10-26)21-6-4-3-5-17(21)15-22-23(30)29(14-11-27(22)2)18-7-8-19(24)20(25)16-18/h3-8,15-16H,9-14H2,1-2H3/b22-15-. The van der Waals surface area contributed by atoms with Crippen molar-refractivity contribution < 1.29 is 4.79 Å². The lowest BCUT2D eigenvalue weighted by Crippen LogP contribution is -2.47. The fourth-order valence-corrected chi connectivity index (χ4v) is 4.23. The molecule has 0 saturated carbocycles. The number of para-hydroxylation sites is 1. The molecule has 0 N–H and O–H groups in total. The number of halogens is 2. The second-order valence-corrected chi connectivity index (χ2v) is 8.67. The van der Waals surface area contributed by atoms with Gasteiger partial charge >= 0.3 is 0 Å². The molecule has 2 heterocycles. The van der Waals surface area contributed by atoms with E-state index in [4.69, 9.17) is 23.2 Å². The first-order valence-corrected chi connectivity index (χ1v) is 10.9. The molecule has 2 aliphatic rings. The monoisotopic (exact) mass is 444 g/mol. The number of nitrogens with zero attached hydrogens (tertiary/aromatic N) is 4. The third-order valence-corrected chi connectivity index (χ3v) is 6.56. The summed E-state index contributed by atoms with van der Waals surface area (Å²) < 4.78 is 0. The molecule has 158 valence electrons. The van der Waals surface area contributed by atoms with Crippen molar-refractivity contribution in [2.24, 2.45) is 0 Å². The Morgan fingerprint density at radius 1 is 0.867 bits per heavy atom. The van der Waals surface area contributed by atoms with Crippen molar-refractivity contribution in [3.63, 3.8) is 0 Å². The lowest BCUT2D eigenvalue weighted by molar-refractivity contribution is -0.117. The van der Waals surface area contributed by atoms with Crippen LogP contribution in [0.5, 0.6) is 0 Å². The van der Waals surface area contributed by atoms with Crippen molar-refractivity contribution in [3.8, 4) is 0 Å².